The van der Waals surface area contributed by atoms with Crippen LogP contribution in [0.15, 0.2) is 59.1 Å². The van der Waals surface area contributed by atoms with Gasteiger partial charge in [0.2, 0.25) is 0 Å². The molecule has 1 atom stereocenters. The van der Waals surface area contributed by atoms with Crippen LogP contribution in [-0.2, 0) is 5.41 Å². The van der Waals surface area contributed by atoms with Crippen LogP contribution < -0.4 is 4.57 Å². The number of aromatic nitrogens is 2. The van der Waals surface area contributed by atoms with Gasteiger partial charge in [0.25, 0.3) is 11.2 Å². The molecule has 3 aromatic rings. The highest BCUT2D eigenvalue weighted by Gasteiger charge is 2.80. The molecule has 15 heteroatoms. The summed E-state index contributed by atoms with van der Waals surface area (Å²) in [6, 6.07) is 5.69. The Morgan fingerprint density at radius 1 is 0.622 bits per heavy atom. The van der Waals surface area contributed by atoms with Crippen molar-refractivity contribution in [3.63, 3.8) is 0 Å². The van der Waals surface area contributed by atoms with Gasteiger partial charge in [-0.1, -0.05) is 35.4 Å². The maximum absolute atomic E-state index is 15.6. The SMILES string of the molecule is Cc1cc(C)c(-n2cc[n+](-c3c(C)cc(C)cc3C)c2C2(C(F)(F)F)C(O)=C(C(F)(F)F)C(C(F)(F)F)=C2C(F)(F)F)c(C)c1. The molecule has 1 aromatic heterocycles. The fourth-order valence-electron chi connectivity index (χ4n) is 6.49. The minimum Gasteiger partial charge on any atom is -0.510 e. The van der Waals surface area contributed by atoms with Gasteiger partial charge in [0, 0.05) is 0 Å². The van der Waals surface area contributed by atoms with Crippen molar-refractivity contribution in [3.05, 3.63) is 98.3 Å². The molecule has 2 aromatic carbocycles. The number of nitrogens with zero attached hydrogens (tertiary/aromatic N) is 2. The van der Waals surface area contributed by atoms with Crippen LogP contribution in [0.1, 0.15) is 39.2 Å². The summed E-state index contributed by atoms with van der Waals surface area (Å²) in [5.41, 5.74) is -15.0. The molecular formula is C30H25F12N2O+. The highest BCUT2D eigenvalue weighted by molar-refractivity contribution is 5.64. The minimum atomic E-state index is -6.69. The van der Waals surface area contributed by atoms with Crippen LogP contribution in [0.3, 0.4) is 0 Å². The molecule has 0 radical (unpaired) electrons. The zero-order valence-electron chi connectivity index (χ0n) is 24.3. The molecule has 1 aliphatic carbocycles. The Balaban J connectivity index is 2.46. The molecule has 0 amide bonds. The van der Waals surface area contributed by atoms with Gasteiger partial charge in [-0.05, 0) is 63.8 Å². The Kier molecular flexibility index (Phi) is 7.78. The van der Waals surface area contributed by atoms with E-state index in [1.165, 1.54) is 52.0 Å². The summed E-state index contributed by atoms with van der Waals surface area (Å²) in [6.07, 6.45) is -24.8. The van der Waals surface area contributed by atoms with Gasteiger partial charge in [-0.3, -0.25) is 0 Å². The van der Waals surface area contributed by atoms with E-state index in [-0.39, 0.29) is 33.6 Å². The van der Waals surface area contributed by atoms with E-state index in [1.54, 1.807) is 13.8 Å². The highest BCUT2D eigenvalue weighted by Crippen LogP contribution is 2.65. The van der Waals surface area contributed by atoms with Crippen molar-refractivity contribution < 1.29 is 62.4 Å². The molecule has 1 heterocycles. The summed E-state index contributed by atoms with van der Waals surface area (Å²) in [6.45, 7) is 8.63. The first-order valence-corrected chi connectivity index (χ1v) is 13.0. The summed E-state index contributed by atoms with van der Waals surface area (Å²) in [4.78, 5) is 0. The van der Waals surface area contributed by atoms with Crippen molar-refractivity contribution in [1.82, 2.24) is 4.57 Å². The predicted molar refractivity (Wildman–Crippen MR) is 138 cm³/mol. The minimum absolute atomic E-state index is 0.136. The second kappa shape index (κ2) is 10.3. The zero-order valence-corrected chi connectivity index (χ0v) is 24.3. The van der Waals surface area contributed by atoms with Crippen LogP contribution >= 0.6 is 0 Å². The van der Waals surface area contributed by atoms with Crippen molar-refractivity contribution in [1.29, 1.82) is 0 Å². The summed E-state index contributed by atoms with van der Waals surface area (Å²) < 4.78 is 178. The molecule has 1 aliphatic rings. The van der Waals surface area contributed by atoms with Gasteiger partial charge in [0.1, 0.15) is 35.1 Å². The molecule has 0 spiro atoms. The number of aryl methyl sites for hydroxylation is 6. The average molecular weight is 658 g/mol. The van der Waals surface area contributed by atoms with Gasteiger partial charge in [-0.2, -0.15) is 61.8 Å². The van der Waals surface area contributed by atoms with Crippen molar-refractivity contribution >= 4 is 0 Å². The smallest absolute Gasteiger partial charge is 0.420 e. The molecule has 0 saturated carbocycles. The maximum atomic E-state index is 15.6. The Morgan fingerprint density at radius 2 is 1.04 bits per heavy atom. The Bertz CT molecular complexity index is 1640. The number of benzene rings is 2. The second-order valence-corrected chi connectivity index (χ2v) is 11.1. The number of allylic oxidation sites excluding steroid dienone is 3. The number of hydrogen-bond donors (Lipinski definition) is 1. The van der Waals surface area contributed by atoms with E-state index in [0.717, 1.165) is 12.4 Å². The molecule has 3 nitrogen and oxygen atoms in total. The highest BCUT2D eigenvalue weighted by atomic mass is 19.4. The lowest BCUT2D eigenvalue weighted by Gasteiger charge is -2.34. The number of aliphatic hydroxyl groups is 1. The van der Waals surface area contributed by atoms with E-state index in [1.807, 2.05) is 0 Å². The Morgan fingerprint density at radius 3 is 1.42 bits per heavy atom. The van der Waals surface area contributed by atoms with E-state index in [4.69, 9.17) is 0 Å². The first-order valence-electron chi connectivity index (χ1n) is 13.0. The van der Waals surface area contributed by atoms with E-state index < -0.39 is 58.4 Å². The predicted octanol–water partition coefficient (Wildman–Crippen LogP) is 9.21. The van der Waals surface area contributed by atoms with Gasteiger partial charge in [-0.25, -0.2) is 0 Å². The third kappa shape index (κ3) is 5.17. The van der Waals surface area contributed by atoms with E-state index in [9.17, 15) is 44.6 Å². The van der Waals surface area contributed by atoms with Crippen molar-refractivity contribution in [2.75, 3.05) is 0 Å². The molecule has 0 fully saturated rings. The summed E-state index contributed by atoms with van der Waals surface area (Å²) >= 11 is 0. The number of aliphatic hydroxyl groups excluding tert-OH is 1. The molecule has 0 bridgehead atoms. The number of halogens is 12. The van der Waals surface area contributed by atoms with Gasteiger partial charge in [0.05, 0.1) is 11.1 Å². The molecule has 1 N–H and O–H groups in total. The van der Waals surface area contributed by atoms with Crippen LogP contribution in [0.5, 0.6) is 0 Å². The topological polar surface area (TPSA) is 29.0 Å². The first-order chi connectivity index (χ1) is 20.3. The molecular weight excluding hydrogens is 632 g/mol. The van der Waals surface area contributed by atoms with E-state index in [0.29, 0.717) is 20.3 Å². The van der Waals surface area contributed by atoms with E-state index >= 15 is 13.2 Å². The quantitative estimate of drug-likeness (QED) is 0.221. The molecule has 244 valence electrons. The summed E-state index contributed by atoms with van der Waals surface area (Å²) in [5, 5.41) is 10.9. The van der Waals surface area contributed by atoms with Crippen LogP contribution in [0.2, 0.25) is 0 Å². The number of rotatable bonds is 3. The van der Waals surface area contributed by atoms with Crippen molar-refractivity contribution in [2.24, 2.45) is 0 Å². The van der Waals surface area contributed by atoms with Gasteiger partial charge in [0.15, 0.2) is 0 Å². The molecule has 45 heavy (non-hydrogen) atoms. The van der Waals surface area contributed by atoms with Crippen molar-refractivity contribution in [2.45, 2.75) is 71.7 Å². The van der Waals surface area contributed by atoms with Gasteiger partial charge in [-0.15, -0.1) is 0 Å². The normalized spacial score (nSPS) is 18.4. The van der Waals surface area contributed by atoms with Crippen LogP contribution in [0.4, 0.5) is 52.7 Å². The molecule has 0 saturated heterocycles. The lowest BCUT2D eigenvalue weighted by Crippen LogP contribution is -2.56. The molecule has 1 unspecified atom stereocenters. The van der Waals surface area contributed by atoms with Crippen molar-refractivity contribution in [3.8, 4) is 11.4 Å². The van der Waals surface area contributed by atoms with Crippen LogP contribution in [0.25, 0.3) is 11.4 Å². The third-order valence-electron chi connectivity index (χ3n) is 7.65. The zero-order chi connectivity index (χ0) is 34.4. The number of hydrogen-bond acceptors (Lipinski definition) is 1. The fraction of sp³-hybridized carbons (Fsp3) is 0.367. The second-order valence-electron chi connectivity index (χ2n) is 11.1. The standard InChI is InChI=1S/C30H24F12N2O/c1-13-9-15(3)21(16(4)10-13)43-7-8-44(22-17(5)11-14(2)12-18(22)6)25(43)26(30(40,41)42)23(29(37,38)39)19(27(31,32)33)20(24(26)45)28(34,35)36/h7-12H,1-6H3/p+1. The first kappa shape index (κ1) is 34.0. The number of alkyl halides is 12. The third-order valence-corrected chi connectivity index (χ3v) is 7.65. The Hall–Kier alpha value is -3.91. The fourth-order valence-corrected chi connectivity index (χ4v) is 6.49. The number of imidazole rings is 1. The Labute approximate surface area is 248 Å². The van der Waals surface area contributed by atoms with Gasteiger partial charge >= 0.3 is 24.7 Å². The average Bonchev–Trinajstić information content (AvgIpc) is 3.34. The van der Waals surface area contributed by atoms with Crippen LogP contribution in [-0.4, -0.2) is 34.4 Å². The summed E-state index contributed by atoms with van der Waals surface area (Å²) in [7, 11) is 0. The van der Waals surface area contributed by atoms with Crippen LogP contribution in [0, 0.1) is 41.5 Å². The summed E-state index contributed by atoms with van der Waals surface area (Å²) in [5.74, 6) is -4.95. The maximum Gasteiger partial charge on any atom is 0.420 e. The van der Waals surface area contributed by atoms with E-state index in [2.05, 4.69) is 0 Å². The largest absolute Gasteiger partial charge is 0.510 e. The lowest BCUT2D eigenvalue weighted by atomic mass is 9.77. The molecule has 0 aliphatic heterocycles. The van der Waals surface area contributed by atoms with Gasteiger partial charge < -0.3 is 5.11 Å². The molecule has 4 rings (SSSR count). The lowest BCUT2D eigenvalue weighted by molar-refractivity contribution is -0.611. The monoisotopic (exact) mass is 657 g/mol.